The Kier molecular flexibility index (Phi) is 13.9. The molecule has 166 valence electrons. The van der Waals surface area contributed by atoms with Gasteiger partial charge in [0.1, 0.15) is 0 Å². The maximum atomic E-state index is 12.2. The highest BCUT2D eigenvalue weighted by Crippen LogP contribution is 2.12. The van der Waals surface area contributed by atoms with Gasteiger partial charge in [-0.05, 0) is 30.0 Å². The van der Waals surface area contributed by atoms with Crippen LogP contribution in [0.25, 0.3) is 0 Å². The normalized spacial score (nSPS) is 15.0. The molecule has 7 nitrogen and oxygen atoms in total. The second-order valence-electron chi connectivity index (χ2n) is 7.41. The molecule has 1 fully saturated rings. The zero-order chi connectivity index (χ0) is 19.6. The molecular weight excluding hydrogens is 415 g/mol. The van der Waals surface area contributed by atoms with E-state index in [1.807, 2.05) is 38.1 Å². The Morgan fingerprint density at radius 3 is 2.55 bits per heavy atom. The molecule has 0 unspecified atom stereocenters. The van der Waals surface area contributed by atoms with Crippen LogP contribution in [0.3, 0.4) is 0 Å². The average molecular weight is 449 g/mol. The molecule has 1 heterocycles. The minimum atomic E-state index is -0.493. The van der Waals surface area contributed by atoms with Crippen molar-refractivity contribution >= 4 is 42.3 Å². The fraction of sp³-hybridized carbons (Fsp3) is 0.600. The third kappa shape index (κ3) is 10.8. The standard InChI is InChI=1S/C20H32N4O3.2ClH/c1-15(2)12-18(21)20(26)22-14-16-4-3-5-17(13-16)23-19(25)6-7-24-8-10-27-11-9-24;;/h3-5,13,15,18H,6-12,14,21H2,1-2H3,(H,22,26)(H,23,25);2*1H/t18-;;/m0../s1. The monoisotopic (exact) mass is 448 g/mol. The number of ether oxygens (including phenoxy) is 1. The topological polar surface area (TPSA) is 96.7 Å². The molecule has 0 saturated carbocycles. The number of halogens is 2. The van der Waals surface area contributed by atoms with Crippen LogP contribution in [0.15, 0.2) is 24.3 Å². The first-order valence-electron chi connectivity index (χ1n) is 9.66. The minimum Gasteiger partial charge on any atom is -0.379 e. The summed E-state index contributed by atoms with van der Waals surface area (Å²) >= 11 is 0. The quantitative estimate of drug-likeness (QED) is 0.537. The Labute approximate surface area is 185 Å². The van der Waals surface area contributed by atoms with Gasteiger partial charge in [-0.3, -0.25) is 14.5 Å². The smallest absolute Gasteiger partial charge is 0.237 e. The second kappa shape index (κ2) is 14.6. The van der Waals surface area contributed by atoms with Gasteiger partial charge in [-0.25, -0.2) is 0 Å². The third-order valence-corrected chi connectivity index (χ3v) is 4.50. The van der Waals surface area contributed by atoms with E-state index in [-0.39, 0.29) is 36.6 Å². The molecular formula is C20H34Cl2N4O3. The molecule has 0 spiro atoms. The third-order valence-electron chi connectivity index (χ3n) is 4.50. The van der Waals surface area contributed by atoms with Gasteiger partial charge in [0.25, 0.3) is 0 Å². The summed E-state index contributed by atoms with van der Waals surface area (Å²) in [7, 11) is 0. The van der Waals surface area contributed by atoms with E-state index in [4.69, 9.17) is 10.5 Å². The van der Waals surface area contributed by atoms with Crippen LogP contribution in [0.1, 0.15) is 32.3 Å². The van der Waals surface area contributed by atoms with Crippen LogP contribution < -0.4 is 16.4 Å². The number of nitrogens with zero attached hydrogens (tertiary/aromatic N) is 1. The number of carbonyl (C=O) groups is 2. The second-order valence-corrected chi connectivity index (χ2v) is 7.41. The number of anilines is 1. The molecule has 2 rings (SSSR count). The van der Waals surface area contributed by atoms with Gasteiger partial charge in [-0.15, -0.1) is 24.8 Å². The number of amides is 2. The molecule has 0 bridgehead atoms. The summed E-state index contributed by atoms with van der Waals surface area (Å²) in [5.41, 5.74) is 7.55. The summed E-state index contributed by atoms with van der Waals surface area (Å²) in [5.74, 6) is 0.215. The van der Waals surface area contributed by atoms with Gasteiger partial charge in [0.2, 0.25) is 11.8 Å². The van der Waals surface area contributed by atoms with Gasteiger partial charge in [0, 0.05) is 38.3 Å². The summed E-state index contributed by atoms with van der Waals surface area (Å²) in [4.78, 5) is 26.4. The number of hydrogen-bond acceptors (Lipinski definition) is 5. The van der Waals surface area contributed by atoms with Crippen molar-refractivity contribution in [3.8, 4) is 0 Å². The van der Waals surface area contributed by atoms with Crippen LogP contribution >= 0.6 is 24.8 Å². The van der Waals surface area contributed by atoms with Crippen LogP contribution in [0, 0.1) is 5.92 Å². The highest BCUT2D eigenvalue weighted by atomic mass is 35.5. The Hall–Kier alpha value is -1.38. The van der Waals surface area contributed by atoms with Gasteiger partial charge in [-0.2, -0.15) is 0 Å². The van der Waals surface area contributed by atoms with E-state index < -0.39 is 6.04 Å². The molecule has 29 heavy (non-hydrogen) atoms. The molecule has 2 amide bonds. The lowest BCUT2D eigenvalue weighted by molar-refractivity contribution is -0.122. The molecule has 1 aromatic carbocycles. The number of benzene rings is 1. The molecule has 1 atom stereocenters. The van der Waals surface area contributed by atoms with E-state index in [2.05, 4.69) is 15.5 Å². The van der Waals surface area contributed by atoms with Crippen molar-refractivity contribution in [2.75, 3.05) is 38.2 Å². The predicted molar refractivity (Wildman–Crippen MR) is 121 cm³/mol. The molecule has 9 heteroatoms. The Morgan fingerprint density at radius 1 is 1.21 bits per heavy atom. The van der Waals surface area contributed by atoms with E-state index in [0.717, 1.165) is 44.1 Å². The summed E-state index contributed by atoms with van der Waals surface area (Å²) < 4.78 is 5.31. The molecule has 4 N–H and O–H groups in total. The van der Waals surface area contributed by atoms with E-state index >= 15 is 0 Å². The fourth-order valence-electron chi connectivity index (χ4n) is 3.00. The number of carbonyl (C=O) groups excluding carboxylic acids is 2. The van der Waals surface area contributed by atoms with Crippen molar-refractivity contribution in [3.05, 3.63) is 29.8 Å². The zero-order valence-corrected chi connectivity index (χ0v) is 18.8. The van der Waals surface area contributed by atoms with Crippen molar-refractivity contribution < 1.29 is 14.3 Å². The van der Waals surface area contributed by atoms with Gasteiger partial charge in [-0.1, -0.05) is 26.0 Å². The van der Waals surface area contributed by atoms with Crippen molar-refractivity contribution in [1.82, 2.24) is 10.2 Å². The Balaban J connectivity index is 0.00000392. The maximum absolute atomic E-state index is 12.2. The van der Waals surface area contributed by atoms with Crippen LogP contribution in [0.2, 0.25) is 0 Å². The lowest BCUT2D eigenvalue weighted by atomic mass is 10.0. The molecule has 1 aliphatic heterocycles. The van der Waals surface area contributed by atoms with Crippen molar-refractivity contribution in [2.45, 2.75) is 39.3 Å². The van der Waals surface area contributed by atoms with Crippen molar-refractivity contribution in [2.24, 2.45) is 11.7 Å². The number of morpholine rings is 1. The predicted octanol–water partition coefficient (Wildman–Crippen LogP) is 2.18. The lowest BCUT2D eigenvalue weighted by Crippen LogP contribution is -2.41. The van der Waals surface area contributed by atoms with E-state index in [1.165, 1.54) is 0 Å². The van der Waals surface area contributed by atoms with E-state index in [1.54, 1.807) is 0 Å². The van der Waals surface area contributed by atoms with E-state index in [9.17, 15) is 9.59 Å². The molecule has 1 saturated heterocycles. The number of nitrogens with two attached hydrogens (primary N) is 1. The highest BCUT2D eigenvalue weighted by molar-refractivity contribution is 5.90. The molecule has 0 radical (unpaired) electrons. The average Bonchev–Trinajstić information content (AvgIpc) is 2.65. The SMILES string of the molecule is CC(C)C[C@H](N)C(=O)NCc1cccc(NC(=O)CCN2CCOCC2)c1.Cl.Cl. The van der Waals surface area contributed by atoms with Crippen LogP contribution in [0.4, 0.5) is 5.69 Å². The summed E-state index contributed by atoms with van der Waals surface area (Å²) in [6, 6.07) is 7.02. The van der Waals surface area contributed by atoms with Crippen molar-refractivity contribution in [3.63, 3.8) is 0 Å². The lowest BCUT2D eigenvalue weighted by Gasteiger charge is -2.26. The first-order chi connectivity index (χ1) is 12.9. The molecule has 0 aliphatic carbocycles. The summed E-state index contributed by atoms with van der Waals surface area (Å²) in [6.45, 7) is 8.42. The minimum absolute atomic E-state index is 0. The Bertz CT molecular complexity index is 625. The first kappa shape index (κ1) is 27.6. The van der Waals surface area contributed by atoms with E-state index in [0.29, 0.717) is 25.3 Å². The number of hydrogen-bond donors (Lipinski definition) is 3. The van der Waals surface area contributed by atoms with Gasteiger partial charge < -0.3 is 21.1 Å². The summed E-state index contributed by atoms with van der Waals surface area (Å²) in [6.07, 6.45) is 1.11. The highest BCUT2D eigenvalue weighted by Gasteiger charge is 2.15. The van der Waals surface area contributed by atoms with Gasteiger partial charge in [0.05, 0.1) is 19.3 Å². The van der Waals surface area contributed by atoms with Crippen LogP contribution in [-0.2, 0) is 20.9 Å². The maximum Gasteiger partial charge on any atom is 0.237 e. The van der Waals surface area contributed by atoms with Crippen LogP contribution in [-0.4, -0.2) is 55.6 Å². The van der Waals surface area contributed by atoms with Gasteiger partial charge >= 0.3 is 0 Å². The fourth-order valence-corrected chi connectivity index (χ4v) is 3.00. The summed E-state index contributed by atoms with van der Waals surface area (Å²) in [5, 5.41) is 5.78. The molecule has 0 aromatic heterocycles. The zero-order valence-electron chi connectivity index (χ0n) is 17.2. The van der Waals surface area contributed by atoms with Crippen LogP contribution in [0.5, 0.6) is 0 Å². The number of nitrogens with one attached hydrogen (secondary N) is 2. The molecule has 1 aromatic rings. The first-order valence-corrected chi connectivity index (χ1v) is 9.66. The Morgan fingerprint density at radius 2 is 1.90 bits per heavy atom. The largest absolute Gasteiger partial charge is 0.379 e. The van der Waals surface area contributed by atoms with Crippen molar-refractivity contribution in [1.29, 1.82) is 0 Å². The molecule has 1 aliphatic rings. The number of rotatable bonds is 9. The van der Waals surface area contributed by atoms with Gasteiger partial charge in [0.15, 0.2) is 0 Å².